The first-order chi connectivity index (χ1) is 16.6. The van der Waals surface area contributed by atoms with Gasteiger partial charge in [-0.05, 0) is 62.3 Å². The lowest BCUT2D eigenvalue weighted by atomic mass is 9.83. The van der Waals surface area contributed by atoms with Crippen molar-refractivity contribution in [2.75, 3.05) is 26.3 Å². The van der Waals surface area contributed by atoms with E-state index in [1.54, 1.807) is 6.33 Å². The van der Waals surface area contributed by atoms with Crippen LogP contribution in [0.15, 0.2) is 30.7 Å². The fraction of sp³-hybridized carbons (Fsp3) is 0.519. The zero-order chi connectivity index (χ0) is 23.2. The molecule has 5 heterocycles. The number of hydrogen-bond donors (Lipinski definition) is 1. The quantitative estimate of drug-likeness (QED) is 0.463. The molecule has 2 aliphatic rings. The van der Waals surface area contributed by atoms with Crippen molar-refractivity contribution in [3.05, 3.63) is 47.5 Å². The number of fused-ring (bicyclic) bond motifs is 2. The molecule has 0 unspecified atom stereocenters. The molecule has 0 bridgehead atoms. The van der Waals surface area contributed by atoms with Gasteiger partial charge in [0.25, 0.3) is 0 Å². The van der Waals surface area contributed by atoms with Crippen LogP contribution in [0.1, 0.15) is 68.2 Å². The first kappa shape index (κ1) is 21.7. The van der Waals surface area contributed by atoms with Crippen molar-refractivity contribution in [2.24, 2.45) is 0 Å². The SMILES string of the molecule is Cc1cc(-c2[nH]c3ccc(C4CCC(N5CCOCC5)CC4)nc3c2C(C)C)cn2ncnc12. The molecule has 4 aromatic heterocycles. The minimum absolute atomic E-state index is 0.357. The van der Waals surface area contributed by atoms with Gasteiger partial charge in [0.1, 0.15) is 6.33 Å². The Morgan fingerprint density at radius 1 is 1.09 bits per heavy atom. The monoisotopic (exact) mass is 458 g/mol. The predicted molar refractivity (Wildman–Crippen MR) is 134 cm³/mol. The van der Waals surface area contributed by atoms with Gasteiger partial charge in [-0.25, -0.2) is 9.50 Å². The molecular formula is C27H34N6O. The molecular weight excluding hydrogens is 424 g/mol. The van der Waals surface area contributed by atoms with Crippen molar-refractivity contribution in [3.8, 4) is 11.3 Å². The summed E-state index contributed by atoms with van der Waals surface area (Å²) in [6, 6.07) is 7.40. The molecule has 2 fully saturated rings. The van der Waals surface area contributed by atoms with Gasteiger partial charge in [-0.15, -0.1) is 0 Å². The standard InChI is InChI=1S/C27H34N6O/c1-17(2)24-25(20-14-18(3)27-28-16-29-33(27)15-20)31-23-9-8-22(30-26(23)24)19-4-6-21(7-5-19)32-10-12-34-13-11-32/h8-9,14-17,19,21,31H,4-7,10-13H2,1-3H3. The van der Waals surface area contributed by atoms with E-state index in [2.05, 4.69) is 65.1 Å². The average Bonchev–Trinajstić information content (AvgIpc) is 3.49. The minimum Gasteiger partial charge on any atom is -0.379 e. The topological polar surface area (TPSA) is 71.3 Å². The van der Waals surface area contributed by atoms with Gasteiger partial charge in [0.05, 0.1) is 29.9 Å². The van der Waals surface area contributed by atoms with Crippen molar-refractivity contribution >= 4 is 16.7 Å². The zero-order valence-corrected chi connectivity index (χ0v) is 20.4. The van der Waals surface area contributed by atoms with Gasteiger partial charge in [0.2, 0.25) is 0 Å². The third-order valence-corrected chi connectivity index (χ3v) is 7.80. The van der Waals surface area contributed by atoms with Crippen molar-refractivity contribution in [1.29, 1.82) is 0 Å². The number of rotatable bonds is 4. The second kappa shape index (κ2) is 8.78. The van der Waals surface area contributed by atoms with Crippen molar-refractivity contribution in [1.82, 2.24) is 29.5 Å². The fourth-order valence-corrected chi connectivity index (χ4v) is 6.03. The molecule has 4 aromatic rings. The molecule has 6 rings (SSSR count). The van der Waals surface area contributed by atoms with Gasteiger partial charge in [0.15, 0.2) is 5.65 Å². The number of H-pyrrole nitrogens is 1. The first-order valence-electron chi connectivity index (χ1n) is 12.7. The maximum absolute atomic E-state index is 5.55. The fourth-order valence-electron chi connectivity index (χ4n) is 6.03. The Labute approximate surface area is 200 Å². The first-order valence-corrected chi connectivity index (χ1v) is 12.7. The number of nitrogens with one attached hydrogen (secondary N) is 1. The Hall–Kier alpha value is -2.77. The summed E-state index contributed by atoms with van der Waals surface area (Å²) in [6.07, 6.45) is 8.64. The summed E-state index contributed by atoms with van der Waals surface area (Å²) >= 11 is 0. The largest absolute Gasteiger partial charge is 0.379 e. The van der Waals surface area contributed by atoms with Crippen LogP contribution in [-0.2, 0) is 4.74 Å². The molecule has 1 aliphatic carbocycles. The summed E-state index contributed by atoms with van der Waals surface area (Å²) in [4.78, 5) is 16.0. The molecule has 0 aromatic carbocycles. The van der Waals surface area contributed by atoms with E-state index in [1.165, 1.54) is 36.9 Å². The molecule has 0 amide bonds. The summed E-state index contributed by atoms with van der Waals surface area (Å²) in [7, 11) is 0. The molecule has 0 radical (unpaired) electrons. The van der Waals surface area contributed by atoms with Crippen molar-refractivity contribution in [2.45, 2.75) is 64.3 Å². The van der Waals surface area contributed by atoms with Gasteiger partial charge in [-0.3, -0.25) is 9.88 Å². The van der Waals surface area contributed by atoms with Crippen LogP contribution in [-0.4, -0.2) is 61.8 Å². The predicted octanol–water partition coefficient (Wildman–Crippen LogP) is 5.06. The summed E-state index contributed by atoms with van der Waals surface area (Å²) in [5.74, 6) is 0.907. The van der Waals surface area contributed by atoms with Crippen LogP contribution in [0.5, 0.6) is 0 Å². The summed E-state index contributed by atoms with van der Waals surface area (Å²) < 4.78 is 7.41. The molecule has 0 spiro atoms. The van der Waals surface area contributed by atoms with Crippen LogP contribution in [0, 0.1) is 6.92 Å². The minimum atomic E-state index is 0.357. The Kier molecular flexibility index (Phi) is 5.62. The number of aromatic amines is 1. The second-order valence-electron chi connectivity index (χ2n) is 10.3. The van der Waals surface area contributed by atoms with Gasteiger partial charge >= 0.3 is 0 Å². The Balaban J connectivity index is 1.32. The summed E-state index contributed by atoms with van der Waals surface area (Å²) in [5.41, 5.74) is 9.07. The van der Waals surface area contributed by atoms with E-state index in [4.69, 9.17) is 9.72 Å². The highest BCUT2D eigenvalue weighted by Gasteiger charge is 2.29. The van der Waals surface area contributed by atoms with E-state index >= 15 is 0 Å². The maximum Gasteiger partial charge on any atom is 0.158 e. The van der Waals surface area contributed by atoms with E-state index in [0.717, 1.165) is 59.8 Å². The summed E-state index contributed by atoms with van der Waals surface area (Å²) in [5, 5.41) is 4.37. The van der Waals surface area contributed by atoms with E-state index in [9.17, 15) is 0 Å². The number of aryl methyl sites for hydroxylation is 1. The Bertz CT molecular complexity index is 1310. The van der Waals surface area contributed by atoms with Crippen LogP contribution >= 0.6 is 0 Å². The zero-order valence-electron chi connectivity index (χ0n) is 20.4. The van der Waals surface area contributed by atoms with Crippen LogP contribution < -0.4 is 0 Å². The van der Waals surface area contributed by atoms with Gasteiger partial charge < -0.3 is 9.72 Å². The third kappa shape index (κ3) is 3.81. The molecule has 1 N–H and O–H groups in total. The van der Waals surface area contributed by atoms with Gasteiger partial charge in [-0.2, -0.15) is 5.10 Å². The smallest absolute Gasteiger partial charge is 0.158 e. The van der Waals surface area contributed by atoms with Crippen LogP contribution in [0.25, 0.3) is 27.9 Å². The highest BCUT2D eigenvalue weighted by atomic mass is 16.5. The van der Waals surface area contributed by atoms with Crippen molar-refractivity contribution < 1.29 is 4.74 Å². The highest BCUT2D eigenvalue weighted by Crippen LogP contribution is 2.38. The number of pyridine rings is 2. The van der Waals surface area contributed by atoms with Gasteiger partial charge in [-0.1, -0.05) is 13.8 Å². The molecule has 34 heavy (non-hydrogen) atoms. The Morgan fingerprint density at radius 3 is 2.65 bits per heavy atom. The average molecular weight is 459 g/mol. The van der Waals surface area contributed by atoms with Crippen LogP contribution in [0.4, 0.5) is 0 Å². The number of aromatic nitrogens is 5. The molecule has 1 aliphatic heterocycles. The van der Waals surface area contributed by atoms with Gasteiger partial charge in [0, 0.05) is 48.1 Å². The lowest BCUT2D eigenvalue weighted by molar-refractivity contribution is 0.00721. The van der Waals surface area contributed by atoms with E-state index < -0.39 is 0 Å². The molecule has 7 nitrogen and oxygen atoms in total. The lowest BCUT2D eigenvalue weighted by Gasteiger charge is -2.38. The van der Waals surface area contributed by atoms with Crippen LogP contribution in [0.3, 0.4) is 0 Å². The van der Waals surface area contributed by atoms with Crippen molar-refractivity contribution in [3.63, 3.8) is 0 Å². The number of morpholine rings is 1. The molecule has 0 atom stereocenters. The maximum atomic E-state index is 5.55. The van der Waals surface area contributed by atoms with E-state index in [-0.39, 0.29) is 0 Å². The van der Waals surface area contributed by atoms with Crippen LogP contribution in [0.2, 0.25) is 0 Å². The van der Waals surface area contributed by atoms with E-state index in [0.29, 0.717) is 17.9 Å². The number of hydrogen-bond acceptors (Lipinski definition) is 5. The molecule has 7 heteroatoms. The molecule has 1 saturated heterocycles. The summed E-state index contributed by atoms with van der Waals surface area (Å²) in [6.45, 7) is 10.6. The number of ether oxygens (including phenoxy) is 1. The molecule has 1 saturated carbocycles. The molecule has 178 valence electrons. The third-order valence-electron chi connectivity index (χ3n) is 7.80. The number of nitrogens with zero attached hydrogens (tertiary/aromatic N) is 5. The Morgan fingerprint density at radius 2 is 1.88 bits per heavy atom. The second-order valence-corrected chi connectivity index (χ2v) is 10.3. The normalized spacial score (nSPS) is 22.2. The highest BCUT2D eigenvalue weighted by molar-refractivity contribution is 5.88. The lowest BCUT2D eigenvalue weighted by Crippen LogP contribution is -2.44. The van der Waals surface area contributed by atoms with E-state index in [1.807, 2.05) is 4.52 Å².